The molecule has 0 spiro atoms. The van der Waals surface area contributed by atoms with E-state index in [0.717, 1.165) is 38.9 Å². The van der Waals surface area contributed by atoms with Gasteiger partial charge in [0.05, 0.1) is 12.5 Å². The molecule has 4 heteroatoms. The van der Waals surface area contributed by atoms with Crippen LogP contribution in [0.5, 0.6) is 0 Å². The largest absolute Gasteiger partial charge is 0.466 e. The van der Waals surface area contributed by atoms with Crippen molar-refractivity contribution in [1.82, 2.24) is 4.90 Å². The molecule has 2 aliphatic rings. The fraction of sp³-hybridized carbons (Fsp3) is 0.346. The van der Waals surface area contributed by atoms with Crippen molar-refractivity contribution in [3.63, 3.8) is 0 Å². The average molecular weight is 424 g/mol. The van der Waals surface area contributed by atoms with E-state index in [1.54, 1.807) is 0 Å². The highest BCUT2D eigenvalue weighted by molar-refractivity contribution is 5.93. The second kappa shape index (κ2) is 10.6. The molecule has 0 bridgehead atoms. The predicted octanol–water partition coefficient (Wildman–Crippen LogP) is 5.69. The van der Waals surface area contributed by atoms with Gasteiger partial charge in [-0.3, -0.25) is 4.79 Å². The van der Waals surface area contributed by atoms with Crippen LogP contribution in [0.1, 0.15) is 48.4 Å². The molecule has 2 aromatic rings. The third kappa shape index (κ3) is 5.03. The molecule has 1 atom stereocenters. The maximum atomic E-state index is 12.1. The molecule has 2 aromatic carbocycles. The molecule has 0 amide bonds. The van der Waals surface area contributed by atoms with Crippen molar-refractivity contribution >= 4 is 36.1 Å². The van der Waals surface area contributed by atoms with Gasteiger partial charge in [-0.1, -0.05) is 66.8 Å². The van der Waals surface area contributed by atoms with Crippen molar-refractivity contribution in [3.05, 3.63) is 76.9 Å². The Morgan fingerprint density at radius 3 is 2.33 bits per heavy atom. The summed E-state index contributed by atoms with van der Waals surface area (Å²) < 4.78 is 5.24. The molecule has 158 valence electrons. The Morgan fingerprint density at radius 2 is 1.70 bits per heavy atom. The van der Waals surface area contributed by atoms with Crippen molar-refractivity contribution in [2.75, 3.05) is 26.2 Å². The summed E-state index contributed by atoms with van der Waals surface area (Å²) in [7, 11) is 0. The number of fused-ring (bicyclic) bond motifs is 2. The highest BCUT2D eigenvalue weighted by Crippen LogP contribution is 2.34. The minimum absolute atomic E-state index is 0. The van der Waals surface area contributed by atoms with Gasteiger partial charge in [0.1, 0.15) is 0 Å². The number of rotatable bonds is 5. The van der Waals surface area contributed by atoms with E-state index in [0.29, 0.717) is 6.61 Å². The molecule has 1 saturated heterocycles. The fourth-order valence-electron chi connectivity index (χ4n) is 4.42. The molecule has 1 aliphatic carbocycles. The Morgan fingerprint density at radius 1 is 1.07 bits per heavy atom. The van der Waals surface area contributed by atoms with Crippen LogP contribution in [0.25, 0.3) is 17.7 Å². The molecule has 0 N–H and O–H groups in total. The van der Waals surface area contributed by atoms with Gasteiger partial charge in [-0.05, 0) is 60.6 Å². The third-order valence-electron chi connectivity index (χ3n) is 5.86. The minimum Gasteiger partial charge on any atom is -0.466 e. The number of esters is 1. The molecule has 0 aromatic heterocycles. The molecular weight excluding hydrogens is 394 g/mol. The van der Waals surface area contributed by atoms with Gasteiger partial charge in [0.25, 0.3) is 0 Å². The quantitative estimate of drug-likeness (QED) is 0.494. The Balaban J connectivity index is 0.00000256. The maximum Gasteiger partial charge on any atom is 0.310 e. The van der Waals surface area contributed by atoms with E-state index in [4.69, 9.17) is 4.74 Å². The molecular formula is C26H30ClNO2. The Bertz CT molecular complexity index is 883. The van der Waals surface area contributed by atoms with Crippen molar-refractivity contribution in [2.45, 2.75) is 26.2 Å². The zero-order valence-corrected chi connectivity index (χ0v) is 18.4. The lowest BCUT2D eigenvalue weighted by molar-refractivity contribution is -0.149. The number of carbonyl (C=O) groups is 1. The molecule has 0 radical (unpaired) electrons. The third-order valence-corrected chi connectivity index (χ3v) is 5.86. The smallest absolute Gasteiger partial charge is 0.310 e. The minimum atomic E-state index is -0.0340. The van der Waals surface area contributed by atoms with Crippen LogP contribution in [0.3, 0.4) is 0 Å². The van der Waals surface area contributed by atoms with Crippen LogP contribution in [-0.4, -0.2) is 37.1 Å². The lowest BCUT2D eigenvalue weighted by Gasteiger charge is -2.31. The van der Waals surface area contributed by atoms with Crippen LogP contribution in [0.15, 0.2) is 54.6 Å². The van der Waals surface area contributed by atoms with Gasteiger partial charge in [-0.2, -0.15) is 0 Å². The van der Waals surface area contributed by atoms with Gasteiger partial charge in [0, 0.05) is 13.1 Å². The van der Waals surface area contributed by atoms with E-state index in [-0.39, 0.29) is 24.3 Å². The van der Waals surface area contributed by atoms with E-state index in [9.17, 15) is 4.79 Å². The van der Waals surface area contributed by atoms with Crippen LogP contribution in [0.2, 0.25) is 0 Å². The number of hydrogen-bond acceptors (Lipinski definition) is 3. The number of carbonyl (C=O) groups excluding carboxylic acids is 1. The van der Waals surface area contributed by atoms with Gasteiger partial charge in [0.15, 0.2) is 0 Å². The SMILES string of the molecule is CCOC(=O)C1CCCN(CCC=C2c3ccccc3C=Cc3ccccc32)C1.Cl. The van der Waals surface area contributed by atoms with E-state index in [1.165, 1.54) is 27.8 Å². The van der Waals surface area contributed by atoms with Crippen molar-refractivity contribution in [3.8, 4) is 0 Å². The van der Waals surface area contributed by atoms with Crippen LogP contribution >= 0.6 is 12.4 Å². The fourth-order valence-corrected chi connectivity index (χ4v) is 4.42. The zero-order chi connectivity index (χ0) is 20.1. The first-order valence-electron chi connectivity index (χ1n) is 10.7. The van der Waals surface area contributed by atoms with E-state index in [1.807, 2.05) is 6.92 Å². The van der Waals surface area contributed by atoms with Crippen molar-refractivity contribution in [2.24, 2.45) is 5.92 Å². The molecule has 1 aliphatic heterocycles. The van der Waals surface area contributed by atoms with Crippen LogP contribution < -0.4 is 0 Å². The molecule has 4 rings (SSSR count). The number of hydrogen-bond donors (Lipinski definition) is 0. The molecule has 1 fully saturated rings. The Kier molecular flexibility index (Phi) is 7.89. The summed E-state index contributed by atoms with van der Waals surface area (Å²) in [5, 5.41) is 0. The summed E-state index contributed by atoms with van der Waals surface area (Å²) in [5.74, 6) is -0.00635. The summed E-state index contributed by atoms with van der Waals surface area (Å²) in [6.45, 7) is 5.19. The summed E-state index contributed by atoms with van der Waals surface area (Å²) >= 11 is 0. The summed E-state index contributed by atoms with van der Waals surface area (Å²) in [6, 6.07) is 17.2. The standard InChI is InChI=1S/C26H29NO2.ClH/c1-2-29-26(28)22-11-7-17-27(19-22)18-8-14-25-23-12-5-3-9-20(23)15-16-21-10-4-6-13-24(21)25;/h3-6,9-10,12-16,22H,2,7-8,11,17-19H2,1H3;1H. The van der Waals surface area contributed by atoms with Crippen LogP contribution in [0.4, 0.5) is 0 Å². The van der Waals surface area contributed by atoms with Gasteiger partial charge in [0.2, 0.25) is 0 Å². The first-order valence-corrected chi connectivity index (χ1v) is 10.7. The maximum absolute atomic E-state index is 12.1. The topological polar surface area (TPSA) is 29.5 Å². The average Bonchev–Trinajstić information content (AvgIpc) is 2.92. The lowest BCUT2D eigenvalue weighted by Crippen LogP contribution is -2.39. The Labute approximate surface area is 185 Å². The highest BCUT2D eigenvalue weighted by Gasteiger charge is 2.26. The zero-order valence-electron chi connectivity index (χ0n) is 17.5. The highest BCUT2D eigenvalue weighted by atomic mass is 35.5. The van der Waals surface area contributed by atoms with Crippen LogP contribution in [-0.2, 0) is 9.53 Å². The van der Waals surface area contributed by atoms with Crippen LogP contribution in [0, 0.1) is 5.92 Å². The van der Waals surface area contributed by atoms with E-state index >= 15 is 0 Å². The summed E-state index contributed by atoms with van der Waals surface area (Å²) in [5.41, 5.74) is 6.40. The van der Waals surface area contributed by atoms with E-state index in [2.05, 4.69) is 71.7 Å². The number of likely N-dealkylation sites (tertiary alicyclic amines) is 1. The molecule has 1 unspecified atom stereocenters. The second-order valence-corrected chi connectivity index (χ2v) is 7.81. The number of benzene rings is 2. The number of halogens is 1. The Hall–Kier alpha value is -2.36. The van der Waals surface area contributed by atoms with E-state index < -0.39 is 0 Å². The molecule has 0 saturated carbocycles. The van der Waals surface area contributed by atoms with Gasteiger partial charge in [-0.15, -0.1) is 12.4 Å². The number of nitrogens with zero attached hydrogens (tertiary/aromatic N) is 1. The van der Waals surface area contributed by atoms with Gasteiger partial charge >= 0.3 is 5.97 Å². The van der Waals surface area contributed by atoms with Crippen molar-refractivity contribution in [1.29, 1.82) is 0 Å². The molecule has 30 heavy (non-hydrogen) atoms. The first-order chi connectivity index (χ1) is 14.3. The number of ether oxygens (including phenoxy) is 1. The molecule has 1 heterocycles. The monoisotopic (exact) mass is 423 g/mol. The first kappa shape index (κ1) is 22.3. The summed E-state index contributed by atoms with van der Waals surface area (Å²) in [4.78, 5) is 14.5. The lowest BCUT2D eigenvalue weighted by atomic mass is 9.92. The van der Waals surface area contributed by atoms with Gasteiger partial charge < -0.3 is 9.64 Å². The predicted molar refractivity (Wildman–Crippen MR) is 127 cm³/mol. The normalized spacial score (nSPS) is 17.9. The van der Waals surface area contributed by atoms with Crippen molar-refractivity contribution < 1.29 is 9.53 Å². The second-order valence-electron chi connectivity index (χ2n) is 7.81. The van der Waals surface area contributed by atoms with Gasteiger partial charge in [-0.25, -0.2) is 0 Å². The summed E-state index contributed by atoms with van der Waals surface area (Å²) in [6.07, 6.45) is 9.78. The molecule has 3 nitrogen and oxygen atoms in total. The number of piperidine rings is 1.